The fraction of sp³-hybridized carbons (Fsp3) is 0.429. The molecule has 0 radical (unpaired) electrons. The summed E-state index contributed by atoms with van der Waals surface area (Å²) in [6.07, 6.45) is 2.35. The summed E-state index contributed by atoms with van der Waals surface area (Å²) in [5.74, 6) is 0. The van der Waals surface area contributed by atoms with Crippen molar-refractivity contribution in [2.24, 2.45) is 0 Å². The van der Waals surface area contributed by atoms with Crippen LogP contribution in [0.5, 0.6) is 0 Å². The molecule has 1 aliphatic rings. The zero-order valence-corrected chi connectivity index (χ0v) is 9.46. The van der Waals surface area contributed by atoms with E-state index in [4.69, 9.17) is 0 Å². The number of allylic oxidation sites excluding steroid dienone is 4. The molecule has 0 atom stereocenters. The van der Waals surface area contributed by atoms with Gasteiger partial charge in [0.1, 0.15) is 0 Å². The Labute approximate surface area is 62.2 Å². The predicted octanol–water partition coefficient (Wildman–Crippen LogP) is 1.63. The molecule has 0 aliphatic carbocycles. The van der Waals surface area contributed by atoms with Gasteiger partial charge in [-0.25, -0.2) is 0 Å². The van der Waals surface area contributed by atoms with E-state index in [2.05, 4.69) is 26.8 Å². The van der Waals surface area contributed by atoms with Gasteiger partial charge in [0.15, 0.2) is 0 Å². The van der Waals surface area contributed by atoms with E-state index >= 15 is 0 Å². The van der Waals surface area contributed by atoms with Crippen molar-refractivity contribution in [3.8, 4) is 0 Å². The first-order chi connectivity index (χ1) is 3.70. The Bertz CT molecular complexity index is 163. The van der Waals surface area contributed by atoms with E-state index in [-0.39, 0.29) is 23.2 Å². The molecule has 8 heavy (non-hydrogen) atoms. The Morgan fingerprint density at radius 1 is 1.25 bits per heavy atom. The topological polar surface area (TPSA) is 0 Å². The molecule has 1 heteroatoms. The summed E-state index contributed by atoms with van der Waals surface area (Å²) in [5.41, 5.74) is 1.55. The summed E-state index contributed by atoms with van der Waals surface area (Å²) >= 11 is -0.361. The van der Waals surface area contributed by atoms with E-state index in [9.17, 15) is 0 Å². The van der Waals surface area contributed by atoms with Crippen LogP contribution in [0.25, 0.3) is 0 Å². The molecule has 0 saturated carbocycles. The third-order valence-corrected chi connectivity index (χ3v) is 6.49. The Balaban J connectivity index is 2.79. The van der Waals surface area contributed by atoms with Crippen molar-refractivity contribution >= 4 is 23.2 Å². The normalized spacial score (nSPS) is 19.6. The van der Waals surface area contributed by atoms with E-state index in [1.165, 1.54) is 0 Å². The molecule has 0 fully saturated rings. The number of hydrogen-bond acceptors (Lipinski definition) is 0. The summed E-state index contributed by atoms with van der Waals surface area (Å²) in [5, 5.41) is 0. The molecule has 1 rings (SSSR count). The minimum absolute atomic E-state index is 0.361. The van der Waals surface area contributed by atoms with Gasteiger partial charge in [-0.2, -0.15) is 0 Å². The van der Waals surface area contributed by atoms with Crippen LogP contribution in [-0.2, 0) is 0 Å². The summed E-state index contributed by atoms with van der Waals surface area (Å²) < 4.78 is 3.42. The molecule has 0 N–H and O–H groups in total. The van der Waals surface area contributed by atoms with E-state index in [1.54, 1.807) is 12.1 Å². The monoisotopic (exact) mass is 304 g/mol. The number of hydrogen-bond donors (Lipinski definition) is 0. The van der Waals surface area contributed by atoms with Gasteiger partial charge in [0.25, 0.3) is 0 Å². The van der Waals surface area contributed by atoms with Crippen molar-refractivity contribution in [2.45, 2.75) is 20.8 Å². The maximum atomic E-state index is 2.35. The first kappa shape index (κ1) is 6.48. The van der Waals surface area contributed by atoms with Gasteiger partial charge in [0, 0.05) is 0 Å². The van der Waals surface area contributed by atoms with Crippen molar-refractivity contribution in [3.63, 3.8) is 0 Å². The first-order valence-corrected chi connectivity index (χ1v) is 6.71. The first-order valence-electron chi connectivity index (χ1n) is 2.83. The Kier molecular flexibility index (Phi) is 1.87. The molecule has 0 amide bonds. The van der Waals surface area contributed by atoms with Gasteiger partial charge >= 0.3 is 62.2 Å². The molecule has 0 aromatic heterocycles. The van der Waals surface area contributed by atoms with Gasteiger partial charge in [0.05, 0.1) is 0 Å². The van der Waals surface area contributed by atoms with Crippen LogP contribution in [0.2, 0.25) is 0 Å². The van der Waals surface area contributed by atoms with Crippen molar-refractivity contribution in [2.75, 3.05) is 0 Å². The third kappa shape index (κ3) is 1.20. The van der Waals surface area contributed by atoms with Crippen molar-refractivity contribution < 1.29 is 0 Å². The molecular weight excluding hydrogens is 293 g/mol. The zero-order chi connectivity index (χ0) is 6.15. The molecule has 44 valence electrons. The van der Waals surface area contributed by atoms with Gasteiger partial charge < -0.3 is 0 Å². The average Bonchev–Trinajstić information content (AvgIpc) is 1.85. The second-order valence-electron chi connectivity index (χ2n) is 2.26. The van der Waals surface area contributed by atoms with E-state index in [1.807, 2.05) is 0 Å². The van der Waals surface area contributed by atoms with Crippen LogP contribution < -0.4 is 0 Å². The Morgan fingerprint density at radius 3 is 2.00 bits per heavy atom. The standard InChI is InChI=1S/C7H10.Bi.H/c1-4-6-7(3)5-2;;/h6H,1-3H3;;. The van der Waals surface area contributed by atoms with E-state index in [0.29, 0.717) is 0 Å². The van der Waals surface area contributed by atoms with Crippen LogP contribution >= 0.6 is 0 Å². The molecule has 0 bridgehead atoms. The molecule has 0 nitrogen and oxygen atoms in total. The van der Waals surface area contributed by atoms with E-state index in [0.717, 1.165) is 0 Å². The fourth-order valence-corrected chi connectivity index (χ4v) is 5.33. The molecule has 1 aliphatic heterocycles. The zero-order valence-electron chi connectivity index (χ0n) is 5.58. The molecule has 1 heterocycles. The Morgan fingerprint density at radius 2 is 1.88 bits per heavy atom. The predicted molar refractivity (Wildman–Crippen MR) is 39.3 cm³/mol. The van der Waals surface area contributed by atoms with Gasteiger partial charge in [-0.05, 0) is 0 Å². The van der Waals surface area contributed by atoms with Crippen molar-refractivity contribution in [1.82, 2.24) is 0 Å². The number of rotatable bonds is 0. The molecule has 0 unspecified atom stereocenters. The minimum atomic E-state index is -0.361. The molecule has 0 saturated heterocycles. The molecule has 0 aromatic rings. The van der Waals surface area contributed by atoms with Crippen LogP contribution in [-0.4, -0.2) is 23.2 Å². The molecular formula is C7H11Bi. The van der Waals surface area contributed by atoms with Gasteiger partial charge in [-0.1, -0.05) is 0 Å². The summed E-state index contributed by atoms with van der Waals surface area (Å²) in [6, 6.07) is 0. The van der Waals surface area contributed by atoms with Crippen LogP contribution in [0.3, 0.4) is 0 Å². The molecule has 0 spiro atoms. The third-order valence-electron chi connectivity index (χ3n) is 1.41. The summed E-state index contributed by atoms with van der Waals surface area (Å²) in [4.78, 5) is 0. The van der Waals surface area contributed by atoms with Crippen LogP contribution in [0, 0.1) is 0 Å². The van der Waals surface area contributed by atoms with Crippen LogP contribution in [0.15, 0.2) is 18.2 Å². The van der Waals surface area contributed by atoms with Crippen LogP contribution in [0.1, 0.15) is 20.8 Å². The van der Waals surface area contributed by atoms with Gasteiger partial charge in [-0.3, -0.25) is 0 Å². The second kappa shape index (κ2) is 2.31. The van der Waals surface area contributed by atoms with Gasteiger partial charge in [-0.15, -0.1) is 0 Å². The van der Waals surface area contributed by atoms with Crippen molar-refractivity contribution in [3.05, 3.63) is 18.2 Å². The van der Waals surface area contributed by atoms with Crippen molar-refractivity contribution in [1.29, 1.82) is 0 Å². The summed E-state index contributed by atoms with van der Waals surface area (Å²) in [7, 11) is 0. The quantitative estimate of drug-likeness (QED) is 0.597. The average molecular weight is 304 g/mol. The Hall–Kier alpha value is 0.363. The van der Waals surface area contributed by atoms with Gasteiger partial charge in [0.2, 0.25) is 0 Å². The SMILES string of the molecule is C[C]1=CC(C)=[C](C)[BiH]1. The summed E-state index contributed by atoms with van der Waals surface area (Å²) in [6.45, 7) is 6.77. The van der Waals surface area contributed by atoms with Crippen LogP contribution in [0.4, 0.5) is 0 Å². The maximum absolute atomic E-state index is 2.35. The fourth-order valence-electron chi connectivity index (χ4n) is 0.863. The second-order valence-corrected chi connectivity index (χ2v) is 9.21. The molecule has 0 aromatic carbocycles. The van der Waals surface area contributed by atoms with E-state index < -0.39 is 0 Å².